The van der Waals surface area contributed by atoms with Crippen molar-refractivity contribution in [3.05, 3.63) is 12.2 Å². The van der Waals surface area contributed by atoms with E-state index in [1.165, 1.54) is 0 Å². The van der Waals surface area contributed by atoms with Crippen LogP contribution < -0.4 is 0 Å². The molecule has 0 rings (SSSR count). The van der Waals surface area contributed by atoms with Crippen LogP contribution in [0.25, 0.3) is 0 Å². The summed E-state index contributed by atoms with van der Waals surface area (Å²) in [5.41, 5.74) is 0. The van der Waals surface area contributed by atoms with Crippen LogP contribution in [0, 0.1) is 5.92 Å². The van der Waals surface area contributed by atoms with Gasteiger partial charge in [0.05, 0.1) is 0 Å². The highest BCUT2D eigenvalue weighted by atomic mass is 35.5. The summed E-state index contributed by atoms with van der Waals surface area (Å²) in [7, 11) is 0. The van der Waals surface area contributed by atoms with Crippen LogP contribution in [0.15, 0.2) is 12.2 Å². The van der Waals surface area contributed by atoms with E-state index < -0.39 is 0 Å². The fourth-order valence-electron chi connectivity index (χ4n) is 0.977. The van der Waals surface area contributed by atoms with E-state index in [9.17, 15) is 0 Å². The highest BCUT2D eigenvalue weighted by molar-refractivity contribution is 6.20. The second-order valence-electron chi connectivity index (χ2n) is 2.74. The maximum atomic E-state index is 5.96. The van der Waals surface area contributed by atoms with Crippen LogP contribution in [0.4, 0.5) is 0 Å². The lowest BCUT2D eigenvalue weighted by Gasteiger charge is -2.09. The third kappa shape index (κ3) is 4.87. The van der Waals surface area contributed by atoms with Gasteiger partial charge in [-0.15, -0.1) is 11.6 Å². The molecule has 0 aliphatic carbocycles. The Bertz CT molecular complexity index is 96.9. The summed E-state index contributed by atoms with van der Waals surface area (Å²) >= 11 is 5.96. The molecule has 0 bridgehead atoms. The van der Waals surface area contributed by atoms with Gasteiger partial charge in [-0.25, -0.2) is 0 Å². The Morgan fingerprint density at radius 1 is 1.50 bits per heavy atom. The largest absolute Gasteiger partial charge is 0.123 e. The van der Waals surface area contributed by atoms with Crippen molar-refractivity contribution < 1.29 is 0 Å². The van der Waals surface area contributed by atoms with Crippen molar-refractivity contribution in [1.82, 2.24) is 0 Å². The minimum atomic E-state index is 0.353. The van der Waals surface area contributed by atoms with Crippen LogP contribution in [0.1, 0.15) is 33.6 Å². The minimum absolute atomic E-state index is 0.353. The van der Waals surface area contributed by atoms with Crippen molar-refractivity contribution in [2.24, 2.45) is 5.92 Å². The van der Waals surface area contributed by atoms with Crippen LogP contribution in [-0.4, -0.2) is 5.38 Å². The topological polar surface area (TPSA) is 0 Å². The maximum Gasteiger partial charge on any atom is 0.0339 e. The van der Waals surface area contributed by atoms with Crippen LogP contribution in [0.2, 0.25) is 0 Å². The molecule has 2 unspecified atom stereocenters. The average Bonchev–Trinajstić information content (AvgIpc) is 1.88. The minimum Gasteiger partial charge on any atom is -0.123 e. The summed E-state index contributed by atoms with van der Waals surface area (Å²) < 4.78 is 0. The highest BCUT2D eigenvalue weighted by Gasteiger charge is 2.04. The molecule has 60 valence electrons. The molecule has 0 saturated heterocycles. The van der Waals surface area contributed by atoms with Crippen molar-refractivity contribution in [2.75, 3.05) is 0 Å². The van der Waals surface area contributed by atoms with Crippen molar-refractivity contribution >= 4 is 11.6 Å². The quantitative estimate of drug-likeness (QED) is 0.436. The molecule has 0 aliphatic rings. The maximum absolute atomic E-state index is 5.96. The molecule has 0 aromatic heterocycles. The fourth-order valence-corrected chi connectivity index (χ4v) is 1.26. The first kappa shape index (κ1) is 10.0. The number of halogens is 1. The number of rotatable bonds is 4. The van der Waals surface area contributed by atoms with E-state index in [-0.39, 0.29) is 0 Å². The van der Waals surface area contributed by atoms with Gasteiger partial charge in [0.2, 0.25) is 0 Å². The zero-order chi connectivity index (χ0) is 7.98. The monoisotopic (exact) mass is 160 g/mol. The molecule has 0 heterocycles. The van der Waals surface area contributed by atoms with Gasteiger partial charge in [-0.2, -0.15) is 0 Å². The molecule has 0 saturated carbocycles. The van der Waals surface area contributed by atoms with Crippen LogP contribution in [-0.2, 0) is 0 Å². The number of alkyl halides is 1. The van der Waals surface area contributed by atoms with Gasteiger partial charge in [0.25, 0.3) is 0 Å². The van der Waals surface area contributed by atoms with E-state index in [0.717, 1.165) is 12.8 Å². The Morgan fingerprint density at radius 2 is 2.10 bits per heavy atom. The lowest BCUT2D eigenvalue weighted by Crippen LogP contribution is -2.01. The van der Waals surface area contributed by atoms with Crippen molar-refractivity contribution in [3.63, 3.8) is 0 Å². The smallest absolute Gasteiger partial charge is 0.0339 e. The normalized spacial score (nSPS) is 17.6. The molecule has 0 fully saturated rings. The summed E-state index contributed by atoms with van der Waals surface area (Å²) in [6.07, 6.45) is 6.46. The Hall–Kier alpha value is 0.0300. The van der Waals surface area contributed by atoms with E-state index in [4.69, 9.17) is 11.6 Å². The van der Waals surface area contributed by atoms with Gasteiger partial charge in [-0.3, -0.25) is 0 Å². The lowest BCUT2D eigenvalue weighted by molar-refractivity contribution is 0.605. The van der Waals surface area contributed by atoms with Gasteiger partial charge in [0.15, 0.2) is 0 Å². The second kappa shape index (κ2) is 5.79. The zero-order valence-electron chi connectivity index (χ0n) is 7.10. The standard InChI is InChI=1S/C9H17Cl/c1-4-6-8(3)7-9(10)5-2/h4,6,8-9H,5,7H2,1-3H3. The van der Waals surface area contributed by atoms with Gasteiger partial charge >= 0.3 is 0 Å². The third-order valence-electron chi connectivity index (χ3n) is 1.59. The molecular weight excluding hydrogens is 144 g/mol. The predicted molar refractivity (Wildman–Crippen MR) is 48.5 cm³/mol. The number of allylic oxidation sites excluding steroid dienone is 2. The fraction of sp³-hybridized carbons (Fsp3) is 0.778. The number of hydrogen-bond donors (Lipinski definition) is 0. The Morgan fingerprint density at radius 3 is 2.50 bits per heavy atom. The molecule has 10 heavy (non-hydrogen) atoms. The van der Waals surface area contributed by atoms with Gasteiger partial charge in [0.1, 0.15) is 0 Å². The SMILES string of the molecule is CC=CC(C)CC(Cl)CC. The Kier molecular flexibility index (Phi) is 5.81. The first-order valence-corrected chi connectivity index (χ1v) is 4.41. The summed E-state index contributed by atoms with van der Waals surface area (Å²) in [6.45, 7) is 6.37. The van der Waals surface area contributed by atoms with Crippen molar-refractivity contribution in [3.8, 4) is 0 Å². The highest BCUT2D eigenvalue weighted by Crippen LogP contribution is 2.14. The van der Waals surface area contributed by atoms with Gasteiger partial charge in [-0.1, -0.05) is 26.0 Å². The molecule has 0 amide bonds. The molecule has 0 radical (unpaired) electrons. The first-order chi connectivity index (χ1) is 4.70. The molecule has 2 atom stereocenters. The summed E-state index contributed by atoms with van der Waals surface area (Å²) in [4.78, 5) is 0. The number of hydrogen-bond acceptors (Lipinski definition) is 0. The molecule has 1 heteroatoms. The van der Waals surface area contributed by atoms with Crippen LogP contribution in [0.5, 0.6) is 0 Å². The van der Waals surface area contributed by atoms with E-state index in [0.29, 0.717) is 11.3 Å². The van der Waals surface area contributed by atoms with Crippen molar-refractivity contribution in [2.45, 2.75) is 39.0 Å². The van der Waals surface area contributed by atoms with Gasteiger partial charge in [0, 0.05) is 5.38 Å². The zero-order valence-corrected chi connectivity index (χ0v) is 7.86. The molecule has 0 spiro atoms. The summed E-state index contributed by atoms with van der Waals surface area (Å²) in [5, 5.41) is 0.353. The predicted octanol–water partition coefficient (Wildman–Crippen LogP) is 3.61. The van der Waals surface area contributed by atoms with E-state index in [2.05, 4.69) is 26.0 Å². The molecule has 0 nitrogen and oxygen atoms in total. The van der Waals surface area contributed by atoms with E-state index in [1.54, 1.807) is 0 Å². The summed E-state index contributed by atoms with van der Waals surface area (Å²) in [6, 6.07) is 0. The molecule has 0 aromatic carbocycles. The van der Waals surface area contributed by atoms with Crippen molar-refractivity contribution in [1.29, 1.82) is 0 Å². The summed E-state index contributed by atoms with van der Waals surface area (Å²) in [5.74, 6) is 0.632. The van der Waals surface area contributed by atoms with Gasteiger partial charge in [-0.05, 0) is 25.7 Å². The molecule has 0 N–H and O–H groups in total. The molecular formula is C9H17Cl. The van der Waals surface area contributed by atoms with E-state index in [1.807, 2.05) is 6.92 Å². The molecule has 0 aliphatic heterocycles. The van der Waals surface area contributed by atoms with Crippen LogP contribution in [0.3, 0.4) is 0 Å². The van der Waals surface area contributed by atoms with Crippen LogP contribution >= 0.6 is 11.6 Å². The van der Waals surface area contributed by atoms with E-state index >= 15 is 0 Å². The lowest BCUT2D eigenvalue weighted by atomic mass is 10.0. The Labute approximate surface area is 69.3 Å². The first-order valence-electron chi connectivity index (χ1n) is 3.97. The second-order valence-corrected chi connectivity index (χ2v) is 3.36. The van der Waals surface area contributed by atoms with Gasteiger partial charge < -0.3 is 0 Å². The Balaban J connectivity index is 3.46. The molecule has 0 aromatic rings. The average molecular weight is 161 g/mol. The third-order valence-corrected chi connectivity index (χ3v) is 2.08.